The molecule has 0 N–H and O–H groups in total. The molecule has 102 valence electrons. The molecular formula is C16H22N2O. The van der Waals surface area contributed by atoms with E-state index in [9.17, 15) is 0 Å². The Morgan fingerprint density at radius 2 is 1.84 bits per heavy atom. The average Bonchev–Trinajstić information content (AvgIpc) is 2.85. The van der Waals surface area contributed by atoms with E-state index in [1.165, 1.54) is 5.56 Å². The lowest BCUT2D eigenvalue weighted by Crippen LogP contribution is -2.10. The molecule has 1 aromatic heterocycles. The number of aromatic nitrogens is 2. The zero-order chi connectivity index (χ0) is 13.8. The molecule has 19 heavy (non-hydrogen) atoms. The summed E-state index contributed by atoms with van der Waals surface area (Å²) in [7, 11) is 0. The standard InChI is InChI=1S/C16H22N2O/c1-5-19-13(4)18-11-17-15(12(2)3)16(18)14-9-7-6-8-10-14/h6-13H,5H2,1-4H3. The quantitative estimate of drug-likeness (QED) is 0.802. The molecule has 2 rings (SSSR count). The first-order valence-corrected chi connectivity index (χ1v) is 6.88. The van der Waals surface area contributed by atoms with Gasteiger partial charge in [0.25, 0.3) is 0 Å². The van der Waals surface area contributed by atoms with Gasteiger partial charge in [0.2, 0.25) is 0 Å². The van der Waals surface area contributed by atoms with Gasteiger partial charge in [-0.2, -0.15) is 0 Å². The molecule has 1 unspecified atom stereocenters. The molecule has 0 bridgehead atoms. The average molecular weight is 258 g/mol. The second-order valence-corrected chi connectivity index (χ2v) is 4.96. The fourth-order valence-corrected chi connectivity index (χ4v) is 2.29. The van der Waals surface area contributed by atoms with Gasteiger partial charge < -0.3 is 9.30 Å². The van der Waals surface area contributed by atoms with E-state index < -0.39 is 0 Å². The number of hydrogen-bond donors (Lipinski definition) is 0. The number of benzene rings is 1. The minimum Gasteiger partial charge on any atom is -0.359 e. The zero-order valence-electron chi connectivity index (χ0n) is 12.1. The highest BCUT2D eigenvalue weighted by molar-refractivity contribution is 5.63. The largest absolute Gasteiger partial charge is 0.359 e. The molecule has 2 aromatic rings. The van der Waals surface area contributed by atoms with Gasteiger partial charge >= 0.3 is 0 Å². The van der Waals surface area contributed by atoms with Crippen molar-refractivity contribution < 1.29 is 4.74 Å². The van der Waals surface area contributed by atoms with Crippen molar-refractivity contribution in [3.8, 4) is 11.3 Å². The molecule has 0 saturated carbocycles. The predicted octanol–water partition coefficient (Wildman–Crippen LogP) is 4.23. The van der Waals surface area contributed by atoms with Crippen molar-refractivity contribution in [1.29, 1.82) is 0 Å². The van der Waals surface area contributed by atoms with Crippen LogP contribution in [0.3, 0.4) is 0 Å². The Morgan fingerprint density at radius 1 is 1.16 bits per heavy atom. The zero-order valence-corrected chi connectivity index (χ0v) is 12.1. The van der Waals surface area contributed by atoms with Crippen LogP contribution in [0.15, 0.2) is 36.7 Å². The third-order valence-corrected chi connectivity index (χ3v) is 3.22. The van der Waals surface area contributed by atoms with Crippen molar-refractivity contribution in [3.05, 3.63) is 42.4 Å². The maximum atomic E-state index is 5.71. The number of hydrogen-bond acceptors (Lipinski definition) is 2. The Labute approximate surface area is 115 Å². The van der Waals surface area contributed by atoms with Gasteiger partial charge in [-0.05, 0) is 19.8 Å². The minimum atomic E-state index is 0.000191. The molecule has 0 aliphatic carbocycles. The summed E-state index contributed by atoms with van der Waals surface area (Å²) in [6.07, 6.45) is 1.89. The van der Waals surface area contributed by atoms with Crippen molar-refractivity contribution in [2.75, 3.05) is 6.61 Å². The van der Waals surface area contributed by atoms with Crippen molar-refractivity contribution >= 4 is 0 Å². The Bertz CT molecular complexity index is 517. The highest BCUT2D eigenvalue weighted by atomic mass is 16.5. The van der Waals surface area contributed by atoms with Crippen LogP contribution in [0.25, 0.3) is 11.3 Å². The van der Waals surface area contributed by atoms with Crippen molar-refractivity contribution in [3.63, 3.8) is 0 Å². The summed E-state index contributed by atoms with van der Waals surface area (Å²) < 4.78 is 7.83. The smallest absolute Gasteiger partial charge is 0.132 e. The summed E-state index contributed by atoms with van der Waals surface area (Å²) in [6.45, 7) is 9.11. The predicted molar refractivity (Wildman–Crippen MR) is 78.1 cm³/mol. The Balaban J connectivity index is 2.51. The van der Waals surface area contributed by atoms with Crippen LogP contribution in [0.1, 0.15) is 45.5 Å². The van der Waals surface area contributed by atoms with E-state index in [2.05, 4.69) is 54.6 Å². The Kier molecular flexibility index (Phi) is 4.38. The van der Waals surface area contributed by atoms with E-state index in [1.54, 1.807) is 0 Å². The van der Waals surface area contributed by atoms with Crippen LogP contribution in [-0.2, 0) is 4.74 Å². The van der Waals surface area contributed by atoms with Crippen LogP contribution in [0.5, 0.6) is 0 Å². The second kappa shape index (κ2) is 6.02. The third-order valence-electron chi connectivity index (χ3n) is 3.22. The van der Waals surface area contributed by atoms with Crippen LogP contribution < -0.4 is 0 Å². The van der Waals surface area contributed by atoms with Crippen LogP contribution >= 0.6 is 0 Å². The molecule has 0 aliphatic rings. The second-order valence-electron chi connectivity index (χ2n) is 4.96. The first kappa shape index (κ1) is 13.8. The Hall–Kier alpha value is -1.61. The number of ether oxygens (including phenoxy) is 1. The molecule has 0 fully saturated rings. The van der Waals surface area contributed by atoms with E-state index in [1.807, 2.05) is 19.3 Å². The molecule has 0 spiro atoms. The Morgan fingerprint density at radius 3 is 2.42 bits per heavy atom. The molecule has 1 atom stereocenters. The molecular weight excluding hydrogens is 236 g/mol. The molecule has 0 radical (unpaired) electrons. The van der Waals surface area contributed by atoms with Gasteiger partial charge in [-0.1, -0.05) is 44.2 Å². The van der Waals surface area contributed by atoms with Gasteiger partial charge in [0.15, 0.2) is 0 Å². The summed E-state index contributed by atoms with van der Waals surface area (Å²) in [5, 5.41) is 0. The molecule has 3 heteroatoms. The number of rotatable bonds is 5. The van der Waals surface area contributed by atoms with Gasteiger partial charge in [-0.3, -0.25) is 0 Å². The first-order chi connectivity index (χ1) is 9.15. The molecule has 0 aliphatic heterocycles. The summed E-state index contributed by atoms with van der Waals surface area (Å²) in [4.78, 5) is 4.58. The third kappa shape index (κ3) is 2.87. The maximum absolute atomic E-state index is 5.71. The summed E-state index contributed by atoms with van der Waals surface area (Å²) >= 11 is 0. The summed E-state index contributed by atoms with van der Waals surface area (Å²) in [5.41, 5.74) is 3.48. The lowest BCUT2D eigenvalue weighted by Gasteiger charge is -2.18. The SMILES string of the molecule is CCOC(C)n1cnc(C(C)C)c1-c1ccccc1. The van der Waals surface area contributed by atoms with Gasteiger partial charge in [-0.25, -0.2) is 4.98 Å². The van der Waals surface area contributed by atoms with E-state index >= 15 is 0 Å². The van der Waals surface area contributed by atoms with Crippen LogP contribution in [-0.4, -0.2) is 16.2 Å². The van der Waals surface area contributed by atoms with Crippen molar-refractivity contribution in [2.45, 2.75) is 39.8 Å². The van der Waals surface area contributed by atoms with E-state index in [-0.39, 0.29) is 6.23 Å². The molecule has 3 nitrogen and oxygen atoms in total. The number of imidazole rings is 1. The van der Waals surface area contributed by atoms with E-state index in [4.69, 9.17) is 4.74 Å². The highest BCUT2D eigenvalue weighted by Crippen LogP contribution is 2.30. The van der Waals surface area contributed by atoms with Crippen LogP contribution in [0.4, 0.5) is 0 Å². The van der Waals surface area contributed by atoms with Crippen molar-refractivity contribution in [2.24, 2.45) is 0 Å². The van der Waals surface area contributed by atoms with Gasteiger partial charge in [0.1, 0.15) is 6.23 Å². The topological polar surface area (TPSA) is 27.1 Å². The lowest BCUT2D eigenvalue weighted by molar-refractivity contribution is 0.0258. The van der Waals surface area contributed by atoms with Gasteiger partial charge in [0, 0.05) is 12.2 Å². The fraction of sp³-hybridized carbons (Fsp3) is 0.438. The minimum absolute atomic E-state index is 0.000191. The summed E-state index contributed by atoms with van der Waals surface area (Å²) in [5.74, 6) is 0.394. The van der Waals surface area contributed by atoms with Gasteiger partial charge in [0.05, 0.1) is 17.7 Å². The van der Waals surface area contributed by atoms with E-state index in [0.717, 1.165) is 11.4 Å². The van der Waals surface area contributed by atoms with Gasteiger partial charge in [-0.15, -0.1) is 0 Å². The highest BCUT2D eigenvalue weighted by Gasteiger charge is 2.18. The van der Waals surface area contributed by atoms with Crippen LogP contribution in [0.2, 0.25) is 0 Å². The fourth-order valence-electron chi connectivity index (χ4n) is 2.29. The molecule has 0 amide bonds. The molecule has 1 heterocycles. The summed E-state index contributed by atoms with van der Waals surface area (Å²) in [6, 6.07) is 10.4. The maximum Gasteiger partial charge on any atom is 0.132 e. The monoisotopic (exact) mass is 258 g/mol. The lowest BCUT2D eigenvalue weighted by atomic mass is 10.0. The van der Waals surface area contributed by atoms with Crippen molar-refractivity contribution in [1.82, 2.24) is 9.55 Å². The normalized spacial score (nSPS) is 12.9. The number of nitrogens with zero attached hydrogens (tertiary/aromatic N) is 2. The van der Waals surface area contributed by atoms with Crippen LogP contribution in [0, 0.1) is 0 Å². The molecule has 0 saturated heterocycles. The van der Waals surface area contributed by atoms with E-state index in [0.29, 0.717) is 12.5 Å². The molecule has 1 aromatic carbocycles. The first-order valence-electron chi connectivity index (χ1n) is 6.88.